The second-order valence-electron chi connectivity index (χ2n) is 8.14. The van der Waals surface area contributed by atoms with Gasteiger partial charge in [0, 0.05) is 6.08 Å². The molecule has 8 heteroatoms. The number of carbonyl (C=O) groups excluding carboxylic acids is 3. The van der Waals surface area contributed by atoms with Crippen LogP contribution in [0, 0.1) is 0 Å². The standard InChI is InChI=1S/C31H30O8/c1-3-29(32)38-21-6-5-20-36-27-15-17-28(18-16-27)39-31(34)25-9-7-23(8-10-25)24-11-13-26(14-12-24)37-22-19-30(33)35-4-2/h3-4,7-18H,1-2,5-6,19-22H2. The monoisotopic (exact) mass is 530 g/mol. The van der Waals surface area contributed by atoms with Gasteiger partial charge >= 0.3 is 17.9 Å². The first-order valence-electron chi connectivity index (χ1n) is 12.4. The number of rotatable bonds is 15. The molecular formula is C31H30O8. The molecule has 0 radical (unpaired) electrons. The van der Waals surface area contributed by atoms with E-state index in [1.54, 1.807) is 36.4 Å². The Morgan fingerprint density at radius 2 is 1.21 bits per heavy atom. The van der Waals surface area contributed by atoms with Crippen LogP contribution in [0.4, 0.5) is 0 Å². The van der Waals surface area contributed by atoms with Crippen LogP contribution < -0.4 is 14.2 Å². The van der Waals surface area contributed by atoms with Crippen molar-refractivity contribution in [2.75, 3.05) is 19.8 Å². The zero-order valence-corrected chi connectivity index (χ0v) is 21.5. The van der Waals surface area contributed by atoms with E-state index in [0.717, 1.165) is 29.9 Å². The molecule has 3 rings (SSSR count). The lowest BCUT2D eigenvalue weighted by Crippen LogP contribution is -2.08. The van der Waals surface area contributed by atoms with Crippen LogP contribution in [0.15, 0.2) is 98.3 Å². The molecule has 0 aromatic heterocycles. The van der Waals surface area contributed by atoms with Gasteiger partial charge < -0.3 is 23.7 Å². The van der Waals surface area contributed by atoms with Crippen LogP contribution in [-0.2, 0) is 19.1 Å². The van der Waals surface area contributed by atoms with Gasteiger partial charge in [0.05, 0.1) is 38.1 Å². The van der Waals surface area contributed by atoms with Gasteiger partial charge in [-0.05, 0) is 72.5 Å². The highest BCUT2D eigenvalue weighted by Gasteiger charge is 2.10. The molecule has 0 unspecified atom stereocenters. The minimum absolute atomic E-state index is 0.126. The first kappa shape index (κ1) is 28.7. The van der Waals surface area contributed by atoms with Crippen molar-refractivity contribution < 1.29 is 38.1 Å². The normalized spacial score (nSPS) is 10.2. The lowest BCUT2D eigenvalue weighted by atomic mass is 10.0. The third-order valence-electron chi connectivity index (χ3n) is 5.35. The van der Waals surface area contributed by atoms with E-state index < -0.39 is 17.9 Å². The second-order valence-corrected chi connectivity index (χ2v) is 8.14. The van der Waals surface area contributed by atoms with Gasteiger partial charge in [-0.2, -0.15) is 0 Å². The number of carbonyl (C=O) groups is 3. The first-order chi connectivity index (χ1) is 19.0. The van der Waals surface area contributed by atoms with Crippen molar-refractivity contribution in [3.8, 4) is 28.4 Å². The molecule has 0 saturated carbocycles. The Bertz CT molecular complexity index is 1250. The van der Waals surface area contributed by atoms with E-state index in [2.05, 4.69) is 17.9 Å². The van der Waals surface area contributed by atoms with Gasteiger partial charge in [0.1, 0.15) is 17.2 Å². The van der Waals surface area contributed by atoms with E-state index in [-0.39, 0.29) is 13.0 Å². The molecule has 0 heterocycles. The molecule has 0 amide bonds. The van der Waals surface area contributed by atoms with Gasteiger partial charge in [-0.25, -0.2) is 9.59 Å². The fourth-order valence-electron chi connectivity index (χ4n) is 3.34. The number of esters is 3. The number of hydrogen-bond acceptors (Lipinski definition) is 8. The lowest BCUT2D eigenvalue weighted by molar-refractivity contribution is -0.139. The summed E-state index contributed by atoms with van der Waals surface area (Å²) in [6, 6.07) is 21.3. The van der Waals surface area contributed by atoms with E-state index in [1.165, 1.54) is 0 Å². The predicted octanol–water partition coefficient (Wildman–Crippen LogP) is 5.92. The van der Waals surface area contributed by atoms with Gasteiger partial charge in [-0.15, -0.1) is 0 Å². The van der Waals surface area contributed by atoms with Crippen LogP contribution in [0.5, 0.6) is 17.2 Å². The van der Waals surface area contributed by atoms with Gasteiger partial charge in [0.2, 0.25) is 0 Å². The van der Waals surface area contributed by atoms with E-state index in [9.17, 15) is 14.4 Å². The fourth-order valence-corrected chi connectivity index (χ4v) is 3.34. The van der Waals surface area contributed by atoms with Crippen LogP contribution in [-0.4, -0.2) is 37.7 Å². The molecule has 0 fully saturated rings. The van der Waals surface area contributed by atoms with E-state index in [1.807, 2.05) is 36.4 Å². The maximum atomic E-state index is 12.6. The molecule has 0 saturated heterocycles. The zero-order valence-electron chi connectivity index (χ0n) is 21.5. The summed E-state index contributed by atoms with van der Waals surface area (Å²) < 4.78 is 26.2. The first-order valence-corrected chi connectivity index (χ1v) is 12.4. The largest absolute Gasteiger partial charge is 0.494 e. The summed E-state index contributed by atoms with van der Waals surface area (Å²) in [5, 5.41) is 0. The summed E-state index contributed by atoms with van der Waals surface area (Å²) in [5.41, 5.74) is 2.29. The predicted molar refractivity (Wildman–Crippen MR) is 146 cm³/mol. The summed E-state index contributed by atoms with van der Waals surface area (Å²) in [7, 11) is 0. The number of benzene rings is 3. The zero-order chi connectivity index (χ0) is 27.9. The summed E-state index contributed by atoms with van der Waals surface area (Å²) in [4.78, 5) is 34.9. The van der Waals surface area contributed by atoms with E-state index in [4.69, 9.17) is 18.9 Å². The maximum Gasteiger partial charge on any atom is 0.343 e. The summed E-state index contributed by atoms with van der Waals surface area (Å²) in [6.45, 7) is 7.68. The fraction of sp³-hybridized carbons (Fsp3) is 0.194. The van der Waals surface area contributed by atoms with Crippen LogP contribution in [0.3, 0.4) is 0 Å². The third kappa shape index (κ3) is 9.85. The molecule has 39 heavy (non-hydrogen) atoms. The molecule has 8 nitrogen and oxygen atoms in total. The molecule has 0 spiro atoms. The van der Waals surface area contributed by atoms with Crippen molar-refractivity contribution >= 4 is 17.9 Å². The highest BCUT2D eigenvalue weighted by molar-refractivity contribution is 5.91. The highest BCUT2D eigenvalue weighted by Crippen LogP contribution is 2.24. The summed E-state index contributed by atoms with van der Waals surface area (Å²) in [6.07, 6.45) is 3.76. The van der Waals surface area contributed by atoms with Gasteiger partial charge in [-0.3, -0.25) is 4.79 Å². The molecule has 0 atom stereocenters. The molecular weight excluding hydrogens is 500 g/mol. The quantitative estimate of drug-likeness (QED) is 0.0786. The average Bonchev–Trinajstić information content (AvgIpc) is 2.96. The van der Waals surface area contributed by atoms with E-state index in [0.29, 0.717) is 42.4 Å². The molecule has 3 aromatic carbocycles. The Labute approximate surface area is 227 Å². The molecule has 0 aliphatic carbocycles. The Kier molecular flexibility index (Phi) is 11.3. The summed E-state index contributed by atoms with van der Waals surface area (Å²) in [5.74, 6) is 0.378. The van der Waals surface area contributed by atoms with Crippen LogP contribution in [0.25, 0.3) is 11.1 Å². The number of unbranched alkanes of at least 4 members (excludes halogenated alkanes) is 1. The van der Waals surface area contributed by atoms with Crippen molar-refractivity contribution in [3.63, 3.8) is 0 Å². The molecule has 3 aromatic rings. The van der Waals surface area contributed by atoms with Crippen molar-refractivity contribution in [2.45, 2.75) is 19.3 Å². The molecule has 0 aliphatic rings. The van der Waals surface area contributed by atoms with Gasteiger partial charge in [-0.1, -0.05) is 37.4 Å². The average molecular weight is 531 g/mol. The van der Waals surface area contributed by atoms with Crippen LogP contribution in [0.1, 0.15) is 29.6 Å². The highest BCUT2D eigenvalue weighted by atomic mass is 16.5. The minimum Gasteiger partial charge on any atom is -0.494 e. The SMILES string of the molecule is C=COC(=O)CCOc1ccc(-c2ccc(C(=O)Oc3ccc(OCCCCOC(=O)C=C)cc3)cc2)cc1. The molecule has 202 valence electrons. The summed E-state index contributed by atoms with van der Waals surface area (Å²) >= 11 is 0. The molecule has 0 aliphatic heterocycles. The Balaban J connectivity index is 1.43. The lowest BCUT2D eigenvalue weighted by Gasteiger charge is -2.09. The third-order valence-corrected chi connectivity index (χ3v) is 5.35. The number of ether oxygens (including phenoxy) is 5. The van der Waals surface area contributed by atoms with E-state index >= 15 is 0 Å². The van der Waals surface area contributed by atoms with Crippen LogP contribution >= 0.6 is 0 Å². The molecule has 0 N–H and O–H groups in total. The smallest absolute Gasteiger partial charge is 0.343 e. The van der Waals surface area contributed by atoms with Crippen molar-refractivity contribution in [1.29, 1.82) is 0 Å². The Morgan fingerprint density at radius 1 is 0.667 bits per heavy atom. The Morgan fingerprint density at radius 3 is 1.82 bits per heavy atom. The van der Waals surface area contributed by atoms with Crippen molar-refractivity contribution in [1.82, 2.24) is 0 Å². The second kappa shape index (κ2) is 15.4. The molecule has 0 bridgehead atoms. The van der Waals surface area contributed by atoms with Crippen molar-refractivity contribution in [2.24, 2.45) is 0 Å². The minimum atomic E-state index is -0.469. The van der Waals surface area contributed by atoms with Crippen LogP contribution in [0.2, 0.25) is 0 Å². The topological polar surface area (TPSA) is 97.4 Å². The number of hydrogen-bond donors (Lipinski definition) is 0. The van der Waals surface area contributed by atoms with Crippen molar-refractivity contribution in [3.05, 3.63) is 104 Å². The van der Waals surface area contributed by atoms with Gasteiger partial charge in [0.15, 0.2) is 0 Å². The van der Waals surface area contributed by atoms with Gasteiger partial charge in [0.25, 0.3) is 0 Å². The maximum absolute atomic E-state index is 12.6. The Hall–Kier alpha value is -4.85.